The Bertz CT molecular complexity index is 601. The van der Waals surface area contributed by atoms with E-state index in [0.717, 1.165) is 75.8 Å². The van der Waals surface area contributed by atoms with Crippen LogP contribution >= 0.6 is 35.3 Å². The van der Waals surface area contributed by atoms with E-state index in [9.17, 15) is 4.79 Å². The van der Waals surface area contributed by atoms with Crippen LogP contribution in [0.3, 0.4) is 0 Å². The average Bonchev–Trinajstić information content (AvgIpc) is 3.14. The molecule has 0 aliphatic carbocycles. The summed E-state index contributed by atoms with van der Waals surface area (Å²) in [5.74, 6) is 0.791. The fourth-order valence-corrected chi connectivity index (χ4v) is 3.97. The molecule has 1 amide bonds. The highest BCUT2D eigenvalue weighted by molar-refractivity contribution is 14.0. The lowest BCUT2D eigenvalue weighted by atomic mass is 9.96. The number of aromatic nitrogens is 1. The molecule has 0 bridgehead atoms. The van der Waals surface area contributed by atoms with Crippen molar-refractivity contribution in [1.82, 2.24) is 20.5 Å². The number of rotatable bonds is 10. The summed E-state index contributed by atoms with van der Waals surface area (Å²) in [4.78, 5) is 24.0. The minimum Gasteiger partial charge on any atom is -0.369 e. The molecule has 9 heteroatoms. The van der Waals surface area contributed by atoms with Gasteiger partial charge in [-0.2, -0.15) is 0 Å². The van der Waals surface area contributed by atoms with Crippen LogP contribution in [0.5, 0.6) is 0 Å². The van der Waals surface area contributed by atoms with Gasteiger partial charge < -0.3 is 21.3 Å². The normalized spacial score (nSPS) is 15.9. The number of nitrogens with one attached hydrogen (secondary N) is 2. The predicted molar refractivity (Wildman–Crippen MR) is 127 cm³/mol. The van der Waals surface area contributed by atoms with Gasteiger partial charge in [-0.1, -0.05) is 6.92 Å². The summed E-state index contributed by atoms with van der Waals surface area (Å²) >= 11 is 1.73. The van der Waals surface area contributed by atoms with Crippen molar-refractivity contribution in [2.24, 2.45) is 16.6 Å². The minimum atomic E-state index is -0.141. The second-order valence-electron chi connectivity index (χ2n) is 6.92. The molecule has 0 spiro atoms. The Morgan fingerprint density at radius 3 is 2.68 bits per heavy atom. The van der Waals surface area contributed by atoms with Crippen LogP contribution in [0.4, 0.5) is 0 Å². The third-order valence-corrected chi connectivity index (χ3v) is 5.98. The zero-order chi connectivity index (χ0) is 19.5. The summed E-state index contributed by atoms with van der Waals surface area (Å²) in [6.45, 7) is 9.64. The number of nitrogens with zero attached hydrogens (tertiary/aromatic N) is 3. The average molecular weight is 523 g/mol. The molecule has 4 N–H and O–H groups in total. The minimum absolute atomic E-state index is 0. The van der Waals surface area contributed by atoms with E-state index in [0.29, 0.717) is 6.54 Å². The van der Waals surface area contributed by atoms with E-state index in [1.54, 1.807) is 11.3 Å². The van der Waals surface area contributed by atoms with Crippen molar-refractivity contribution in [2.75, 3.05) is 32.7 Å². The monoisotopic (exact) mass is 522 g/mol. The summed E-state index contributed by atoms with van der Waals surface area (Å²) in [6, 6.07) is 0. The molecule has 0 aromatic carbocycles. The van der Waals surface area contributed by atoms with Crippen molar-refractivity contribution in [2.45, 2.75) is 52.5 Å². The third-order valence-electron chi connectivity index (χ3n) is 4.85. The molecule has 2 heterocycles. The number of likely N-dealkylation sites (tertiary alicyclic amines) is 1. The van der Waals surface area contributed by atoms with Gasteiger partial charge in [-0.25, -0.2) is 9.98 Å². The number of amides is 1. The van der Waals surface area contributed by atoms with Gasteiger partial charge in [-0.05, 0) is 58.7 Å². The number of piperidine rings is 1. The lowest BCUT2D eigenvalue weighted by molar-refractivity contribution is -0.123. The Hall–Kier alpha value is -0.940. The molecular formula is C19H35IN6OS. The molecular weight excluding hydrogens is 487 g/mol. The predicted octanol–water partition coefficient (Wildman–Crippen LogP) is 2.36. The molecule has 0 saturated carbocycles. The van der Waals surface area contributed by atoms with Crippen LogP contribution in [0.15, 0.2) is 11.2 Å². The Labute approximate surface area is 190 Å². The molecule has 1 fully saturated rings. The van der Waals surface area contributed by atoms with E-state index in [1.165, 1.54) is 4.88 Å². The summed E-state index contributed by atoms with van der Waals surface area (Å²) < 4.78 is 0. The van der Waals surface area contributed by atoms with Crippen LogP contribution in [0, 0.1) is 5.92 Å². The first-order chi connectivity index (χ1) is 13.1. The van der Waals surface area contributed by atoms with Crippen LogP contribution in [0.1, 0.15) is 49.4 Å². The van der Waals surface area contributed by atoms with Gasteiger partial charge >= 0.3 is 0 Å². The number of thiazole rings is 1. The van der Waals surface area contributed by atoms with Crippen LogP contribution in [-0.4, -0.2) is 54.5 Å². The van der Waals surface area contributed by atoms with Crippen molar-refractivity contribution >= 4 is 47.2 Å². The first-order valence-corrected chi connectivity index (χ1v) is 10.9. The molecule has 0 radical (unpaired) electrons. The fraction of sp³-hybridized carbons (Fsp3) is 0.737. The largest absolute Gasteiger partial charge is 0.369 e. The van der Waals surface area contributed by atoms with Crippen LogP contribution in [-0.2, 0) is 17.8 Å². The van der Waals surface area contributed by atoms with Crippen LogP contribution in [0.25, 0.3) is 0 Å². The van der Waals surface area contributed by atoms with Gasteiger partial charge in [0.05, 0.1) is 6.54 Å². The van der Waals surface area contributed by atoms with Crippen LogP contribution < -0.4 is 16.4 Å². The number of hydrogen-bond acceptors (Lipinski definition) is 5. The van der Waals surface area contributed by atoms with E-state index in [2.05, 4.69) is 39.4 Å². The molecule has 1 aliphatic rings. The zero-order valence-corrected chi connectivity index (χ0v) is 20.2. The van der Waals surface area contributed by atoms with Gasteiger partial charge in [0, 0.05) is 30.1 Å². The molecule has 7 nitrogen and oxygen atoms in total. The van der Waals surface area contributed by atoms with Crippen molar-refractivity contribution < 1.29 is 4.79 Å². The molecule has 160 valence electrons. The molecule has 28 heavy (non-hydrogen) atoms. The number of hydrogen-bond donors (Lipinski definition) is 3. The third kappa shape index (κ3) is 9.04. The van der Waals surface area contributed by atoms with E-state index in [-0.39, 0.29) is 35.8 Å². The number of carbonyl (C=O) groups excluding carboxylic acids is 1. The van der Waals surface area contributed by atoms with E-state index >= 15 is 0 Å². The summed E-state index contributed by atoms with van der Waals surface area (Å²) in [6.07, 6.45) is 7.02. The first kappa shape index (κ1) is 25.1. The SMILES string of the molecule is CCNC(=NCc1ncc(CC)s1)NCCCCN1CCC(C(N)=O)CC1.I. The second kappa shape index (κ2) is 14.1. The topological polar surface area (TPSA) is 95.6 Å². The highest BCUT2D eigenvalue weighted by Crippen LogP contribution is 2.17. The van der Waals surface area contributed by atoms with Gasteiger partial charge in [-0.15, -0.1) is 35.3 Å². The molecule has 1 aliphatic heterocycles. The van der Waals surface area contributed by atoms with E-state index in [1.807, 2.05) is 6.20 Å². The maximum Gasteiger partial charge on any atom is 0.220 e. The number of nitrogens with two attached hydrogens (primary N) is 1. The fourth-order valence-electron chi connectivity index (χ4n) is 3.18. The zero-order valence-electron chi connectivity index (χ0n) is 17.1. The first-order valence-electron chi connectivity index (χ1n) is 10.1. The number of primary amides is 1. The molecule has 0 unspecified atom stereocenters. The Balaban J connectivity index is 0.00000392. The Morgan fingerprint density at radius 2 is 2.07 bits per heavy atom. The number of guanidine groups is 1. The molecule has 1 saturated heterocycles. The number of unbranched alkanes of at least 4 members (excludes halogenated alkanes) is 1. The second-order valence-corrected chi connectivity index (χ2v) is 8.12. The molecule has 2 rings (SSSR count). The maximum absolute atomic E-state index is 11.2. The van der Waals surface area contributed by atoms with E-state index in [4.69, 9.17) is 5.73 Å². The van der Waals surface area contributed by atoms with Crippen molar-refractivity contribution in [3.63, 3.8) is 0 Å². The summed E-state index contributed by atoms with van der Waals surface area (Å²) in [5, 5.41) is 7.76. The van der Waals surface area contributed by atoms with E-state index < -0.39 is 0 Å². The number of aryl methyl sites for hydroxylation is 1. The van der Waals surface area contributed by atoms with Gasteiger partial charge in [0.1, 0.15) is 5.01 Å². The Morgan fingerprint density at radius 1 is 1.32 bits per heavy atom. The highest BCUT2D eigenvalue weighted by atomic mass is 127. The van der Waals surface area contributed by atoms with Gasteiger partial charge in [-0.3, -0.25) is 4.79 Å². The lowest BCUT2D eigenvalue weighted by Gasteiger charge is -2.30. The maximum atomic E-state index is 11.2. The van der Waals surface area contributed by atoms with Crippen molar-refractivity contribution in [1.29, 1.82) is 0 Å². The molecule has 0 atom stereocenters. The lowest BCUT2D eigenvalue weighted by Crippen LogP contribution is -2.39. The smallest absolute Gasteiger partial charge is 0.220 e. The standard InChI is InChI=1S/C19H34N6OS.HI/c1-3-16-13-23-17(27-16)14-24-19(21-4-2)22-9-5-6-10-25-11-7-15(8-12-25)18(20)26;/h13,15H,3-12,14H2,1-2H3,(H2,20,26)(H2,21,22,24);1H. The summed E-state index contributed by atoms with van der Waals surface area (Å²) in [5.41, 5.74) is 5.39. The molecule has 1 aromatic rings. The number of halogens is 1. The highest BCUT2D eigenvalue weighted by Gasteiger charge is 2.22. The summed E-state index contributed by atoms with van der Waals surface area (Å²) in [7, 11) is 0. The number of aliphatic imine (C=N–C) groups is 1. The van der Waals surface area contributed by atoms with Crippen LogP contribution in [0.2, 0.25) is 0 Å². The van der Waals surface area contributed by atoms with Crippen molar-refractivity contribution in [3.8, 4) is 0 Å². The Kier molecular flexibility index (Phi) is 12.6. The van der Waals surface area contributed by atoms with Gasteiger partial charge in [0.25, 0.3) is 0 Å². The number of carbonyl (C=O) groups is 1. The van der Waals surface area contributed by atoms with Gasteiger partial charge in [0.2, 0.25) is 5.91 Å². The van der Waals surface area contributed by atoms with Gasteiger partial charge in [0.15, 0.2) is 5.96 Å². The quantitative estimate of drug-likeness (QED) is 0.190. The molecule has 1 aromatic heterocycles. The van der Waals surface area contributed by atoms with Crippen molar-refractivity contribution in [3.05, 3.63) is 16.1 Å².